The summed E-state index contributed by atoms with van der Waals surface area (Å²) in [6, 6.07) is 0. The lowest BCUT2D eigenvalue weighted by atomic mass is 10.3. The van der Waals surface area contributed by atoms with Gasteiger partial charge in [0.25, 0.3) is 0 Å². The smallest absolute Gasteiger partial charge is 0.305 e. The molecule has 6 nitrogen and oxygen atoms in total. The summed E-state index contributed by atoms with van der Waals surface area (Å²) in [5.41, 5.74) is 0. The number of carbonyl (C=O) groups is 1. The number of esters is 1. The van der Waals surface area contributed by atoms with Gasteiger partial charge in [0.2, 0.25) is 5.89 Å². The van der Waals surface area contributed by atoms with E-state index in [2.05, 4.69) is 19.8 Å². The van der Waals surface area contributed by atoms with E-state index in [9.17, 15) is 4.79 Å². The van der Waals surface area contributed by atoms with Gasteiger partial charge in [0, 0.05) is 12.3 Å². The highest BCUT2D eigenvalue weighted by molar-refractivity contribution is 5.69. The molecule has 1 heterocycles. The third kappa shape index (κ3) is 3.80. The quantitative estimate of drug-likeness (QED) is 0.683. The average Bonchev–Trinajstić information content (AvgIpc) is 3.10. The van der Waals surface area contributed by atoms with Gasteiger partial charge in [-0.2, -0.15) is 4.98 Å². The van der Waals surface area contributed by atoms with Crippen LogP contribution in [0.2, 0.25) is 0 Å². The first-order chi connectivity index (χ1) is 8.69. The maximum Gasteiger partial charge on any atom is 0.305 e. The molecule has 1 fully saturated rings. The van der Waals surface area contributed by atoms with Crippen molar-refractivity contribution in [3.63, 3.8) is 0 Å². The van der Waals surface area contributed by atoms with Gasteiger partial charge >= 0.3 is 5.97 Å². The van der Waals surface area contributed by atoms with Crippen molar-refractivity contribution in [2.75, 3.05) is 20.7 Å². The first-order valence-electron chi connectivity index (χ1n) is 6.27. The Morgan fingerprint density at radius 2 is 2.33 bits per heavy atom. The molecule has 100 valence electrons. The molecule has 0 aromatic carbocycles. The van der Waals surface area contributed by atoms with Crippen LogP contribution in [-0.4, -0.2) is 41.7 Å². The minimum atomic E-state index is -0.168. The van der Waals surface area contributed by atoms with E-state index in [-0.39, 0.29) is 5.97 Å². The van der Waals surface area contributed by atoms with Gasteiger partial charge in [-0.25, -0.2) is 0 Å². The molecule has 1 aromatic heterocycles. The lowest BCUT2D eigenvalue weighted by Crippen LogP contribution is -2.20. The molecule has 1 saturated carbocycles. The molecule has 1 aromatic rings. The van der Waals surface area contributed by atoms with E-state index in [1.807, 2.05) is 7.05 Å². The average molecular weight is 253 g/mol. The zero-order chi connectivity index (χ0) is 13.0. The Kier molecular flexibility index (Phi) is 4.30. The molecule has 0 bridgehead atoms. The molecule has 0 aliphatic heterocycles. The Bertz CT molecular complexity index is 401. The topological polar surface area (TPSA) is 68.5 Å². The number of hydrogen-bond acceptors (Lipinski definition) is 6. The van der Waals surface area contributed by atoms with Gasteiger partial charge in [0.05, 0.1) is 13.7 Å². The highest BCUT2D eigenvalue weighted by Gasteiger charge is 2.29. The van der Waals surface area contributed by atoms with Gasteiger partial charge in [-0.3, -0.25) is 9.69 Å². The van der Waals surface area contributed by atoms with Gasteiger partial charge in [0.15, 0.2) is 5.82 Å². The van der Waals surface area contributed by atoms with Crippen LogP contribution in [0.4, 0.5) is 0 Å². The Labute approximate surface area is 106 Å². The second-order valence-corrected chi connectivity index (χ2v) is 4.74. The maximum atomic E-state index is 11.0. The van der Waals surface area contributed by atoms with Gasteiger partial charge < -0.3 is 9.26 Å². The van der Waals surface area contributed by atoms with Crippen LogP contribution in [0.3, 0.4) is 0 Å². The zero-order valence-electron chi connectivity index (χ0n) is 10.9. The summed E-state index contributed by atoms with van der Waals surface area (Å²) < 4.78 is 9.78. The summed E-state index contributed by atoms with van der Waals surface area (Å²) in [6.07, 6.45) is 3.55. The first kappa shape index (κ1) is 13.0. The minimum Gasteiger partial charge on any atom is -0.469 e. The fraction of sp³-hybridized carbons (Fsp3) is 0.750. The monoisotopic (exact) mass is 253 g/mol. The molecule has 1 aliphatic rings. The fourth-order valence-electron chi connectivity index (χ4n) is 1.74. The number of carbonyl (C=O) groups excluding carboxylic acids is 1. The van der Waals surface area contributed by atoms with Gasteiger partial charge in [-0.05, 0) is 32.9 Å². The number of aromatic nitrogens is 2. The van der Waals surface area contributed by atoms with E-state index in [4.69, 9.17) is 4.52 Å². The summed E-state index contributed by atoms with van der Waals surface area (Å²) in [6.45, 7) is 1.46. The van der Waals surface area contributed by atoms with Crippen molar-refractivity contribution in [1.82, 2.24) is 15.0 Å². The molecule has 0 unspecified atom stereocenters. The zero-order valence-corrected chi connectivity index (χ0v) is 10.9. The summed E-state index contributed by atoms with van der Waals surface area (Å²) in [7, 11) is 3.38. The lowest BCUT2D eigenvalue weighted by molar-refractivity contribution is -0.140. The van der Waals surface area contributed by atoms with Crippen LogP contribution in [-0.2, 0) is 16.1 Å². The molecule has 0 radical (unpaired) electrons. The van der Waals surface area contributed by atoms with Crippen molar-refractivity contribution in [3.8, 4) is 0 Å². The van der Waals surface area contributed by atoms with Crippen molar-refractivity contribution < 1.29 is 14.1 Å². The van der Waals surface area contributed by atoms with E-state index < -0.39 is 0 Å². The van der Waals surface area contributed by atoms with Crippen LogP contribution in [0.25, 0.3) is 0 Å². The molecular formula is C12H19N3O3. The second kappa shape index (κ2) is 5.95. The predicted octanol–water partition coefficient (Wildman–Crippen LogP) is 1.33. The minimum absolute atomic E-state index is 0.168. The fourth-order valence-corrected chi connectivity index (χ4v) is 1.74. The standard InChI is InChI=1S/C12H19N3O3/c1-15(7-3-4-11(16)17-2)8-10-13-12(18-14-10)9-5-6-9/h9H,3-8H2,1-2H3. The number of hydrogen-bond donors (Lipinski definition) is 0. The van der Waals surface area contributed by atoms with Crippen LogP contribution in [0.15, 0.2) is 4.52 Å². The Hall–Kier alpha value is -1.43. The third-order valence-electron chi connectivity index (χ3n) is 2.97. The van der Waals surface area contributed by atoms with E-state index in [1.54, 1.807) is 0 Å². The molecule has 2 rings (SSSR count). The van der Waals surface area contributed by atoms with Gasteiger partial charge in [0.1, 0.15) is 0 Å². The first-order valence-corrected chi connectivity index (χ1v) is 6.27. The molecular weight excluding hydrogens is 234 g/mol. The van der Waals surface area contributed by atoms with Crippen molar-refractivity contribution in [2.24, 2.45) is 0 Å². The summed E-state index contributed by atoms with van der Waals surface area (Å²) in [4.78, 5) is 17.4. The van der Waals surface area contributed by atoms with Crippen molar-refractivity contribution in [2.45, 2.75) is 38.1 Å². The van der Waals surface area contributed by atoms with E-state index in [0.29, 0.717) is 18.9 Å². The largest absolute Gasteiger partial charge is 0.469 e. The highest BCUT2D eigenvalue weighted by atomic mass is 16.5. The second-order valence-electron chi connectivity index (χ2n) is 4.74. The van der Waals surface area contributed by atoms with Gasteiger partial charge in [-0.15, -0.1) is 0 Å². The molecule has 0 N–H and O–H groups in total. The van der Waals surface area contributed by atoms with Crippen LogP contribution in [0.5, 0.6) is 0 Å². The SMILES string of the molecule is COC(=O)CCCN(C)Cc1noc(C2CC2)n1. The molecule has 0 amide bonds. The van der Waals surface area contributed by atoms with E-state index in [1.165, 1.54) is 7.11 Å². The number of ether oxygens (including phenoxy) is 1. The number of nitrogens with zero attached hydrogens (tertiary/aromatic N) is 3. The molecule has 0 spiro atoms. The lowest BCUT2D eigenvalue weighted by Gasteiger charge is -2.13. The van der Waals surface area contributed by atoms with Crippen molar-refractivity contribution >= 4 is 5.97 Å². The molecule has 0 atom stereocenters. The summed E-state index contributed by atoms with van der Waals surface area (Å²) in [5, 5.41) is 3.96. The van der Waals surface area contributed by atoms with Crippen LogP contribution < -0.4 is 0 Å². The molecule has 6 heteroatoms. The Morgan fingerprint density at radius 1 is 1.56 bits per heavy atom. The summed E-state index contributed by atoms with van der Waals surface area (Å²) in [5.74, 6) is 1.82. The number of rotatable bonds is 7. The number of methoxy groups -OCH3 is 1. The Morgan fingerprint density at radius 3 is 3.00 bits per heavy atom. The third-order valence-corrected chi connectivity index (χ3v) is 2.97. The van der Waals surface area contributed by atoms with Crippen LogP contribution >= 0.6 is 0 Å². The van der Waals surface area contributed by atoms with E-state index in [0.717, 1.165) is 37.5 Å². The molecule has 1 aliphatic carbocycles. The van der Waals surface area contributed by atoms with E-state index >= 15 is 0 Å². The maximum absolute atomic E-state index is 11.0. The normalized spacial score (nSPS) is 15.1. The molecule has 18 heavy (non-hydrogen) atoms. The molecule has 0 saturated heterocycles. The highest BCUT2D eigenvalue weighted by Crippen LogP contribution is 2.38. The van der Waals surface area contributed by atoms with Crippen LogP contribution in [0, 0.1) is 0 Å². The van der Waals surface area contributed by atoms with Crippen molar-refractivity contribution in [3.05, 3.63) is 11.7 Å². The van der Waals surface area contributed by atoms with Crippen molar-refractivity contribution in [1.29, 1.82) is 0 Å². The van der Waals surface area contributed by atoms with Gasteiger partial charge in [-0.1, -0.05) is 5.16 Å². The predicted molar refractivity (Wildman–Crippen MR) is 63.9 cm³/mol. The Balaban J connectivity index is 1.69. The van der Waals surface area contributed by atoms with Crippen LogP contribution in [0.1, 0.15) is 43.3 Å². The summed E-state index contributed by atoms with van der Waals surface area (Å²) >= 11 is 0.